The standard InChI is InChI=1S/C16H25ClN2OS/c1-5-21-15-7-6-12(17)10-13(15)16(20)19(4)9-8-14(18)11(2)3/h6-7,10-11,14H,5,8-9,18H2,1-4H3. The molecule has 0 aliphatic heterocycles. The Hall–Kier alpha value is -0.710. The fraction of sp³-hybridized carbons (Fsp3) is 0.562. The average molecular weight is 329 g/mol. The van der Waals surface area contributed by atoms with Crippen molar-refractivity contribution in [2.75, 3.05) is 19.3 Å². The van der Waals surface area contributed by atoms with Crippen molar-refractivity contribution >= 4 is 29.3 Å². The molecule has 0 bridgehead atoms. The summed E-state index contributed by atoms with van der Waals surface area (Å²) >= 11 is 7.69. The Labute approximate surface area is 137 Å². The lowest BCUT2D eigenvalue weighted by Gasteiger charge is -2.22. The van der Waals surface area contributed by atoms with E-state index < -0.39 is 0 Å². The van der Waals surface area contributed by atoms with Gasteiger partial charge in [0, 0.05) is 29.6 Å². The molecule has 3 nitrogen and oxygen atoms in total. The summed E-state index contributed by atoms with van der Waals surface area (Å²) in [7, 11) is 1.82. The van der Waals surface area contributed by atoms with Crippen LogP contribution in [-0.4, -0.2) is 36.2 Å². The Morgan fingerprint density at radius 2 is 2.10 bits per heavy atom. The van der Waals surface area contributed by atoms with Gasteiger partial charge in [-0.15, -0.1) is 11.8 Å². The lowest BCUT2D eigenvalue weighted by atomic mass is 10.0. The molecule has 0 fully saturated rings. The van der Waals surface area contributed by atoms with Crippen LogP contribution >= 0.6 is 23.4 Å². The van der Waals surface area contributed by atoms with Gasteiger partial charge in [0.1, 0.15) is 0 Å². The summed E-state index contributed by atoms with van der Waals surface area (Å²) in [4.78, 5) is 15.3. The molecule has 0 aliphatic carbocycles. The molecular formula is C16H25ClN2OS. The molecule has 0 saturated heterocycles. The highest BCUT2D eigenvalue weighted by Gasteiger charge is 2.18. The molecule has 0 radical (unpaired) electrons. The minimum atomic E-state index is 0.00408. The van der Waals surface area contributed by atoms with Gasteiger partial charge in [0.25, 0.3) is 5.91 Å². The number of benzene rings is 1. The van der Waals surface area contributed by atoms with Crippen molar-refractivity contribution in [2.45, 2.75) is 38.1 Å². The van der Waals surface area contributed by atoms with Crippen molar-refractivity contribution in [3.8, 4) is 0 Å². The number of carbonyl (C=O) groups excluding carboxylic acids is 1. The molecule has 1 amide bonds. The molecular weight excluding hydrogens is 304 g/mol. The number of hydrogen-bond acceptors (Lipinski definition) is 3. The first-order valence-electron chi connectivity index (χ1n) is 7.30. The molecule has 1 atom stereocenters. The second-order valence-corrected chi connectivity index (χ2v) is 7.24. The first kappa shape index (κ1) is 18.3. The summed E-state index contributed by atoms with van der Waals surface area (Å²) in [5, 5.41) is 0.589. The predicted octanol–water partition coefficient (Wildman–Crippen LogP) is 3.90. The Morgan fingerprint density at radius 3 is 2.67 bits per heavy atom. The highest BCUT2D eigenvalue weighted by Crippen LogP contribution is 2.26. The minimum Gasteiger partial charge on any atom is -0.342 e. The maximum atomic E-state index is 12.6. The monoisotopic (exact) mass is 328 g/mol. The number of thioether (sulfide) groups is 1. The van der Waals surface area contributed by atoms with E-state index in [0.717, 1.165) is 17.1 Å². The molecule has 0 aromatic heterocycles. The molecule has 0 aliphatic rings. The number of nitrogens with zero attached hydrogens (tertiary/aromatic N) is 1. The van der Waals surface area contributed by atoms with Gasteiger partial charge in [0.2, 0.25) is 0 Å². The van der Waals surface area contributed by atoms with Crippen LogP contribution in [0.3, 0.4) is 0 Å². The van der Waals surface area contributed by atoms with E-state index in [1.807, 2.05) is 19.2 Å². The van der Waals surface area contributed by atoms with Crippen LogP contribution in [0.2, 0.25) is 5.02 Å². The van der Waals surface area contributed by atoms with Crippen LogP contribution in [-0.2, 0) is 0 Å². The van der Waals surface area contributed by atoms with E-state index in [9.17, 15) is 4.79 Å². The van der Waals surface area contributed by atoms with Crippen molar-refractivity contribution in [3.63, 3.8) is 0 Å². The third kappa shape index (κ3) is 5.53. The zero-order chi connectivity index (χ0) is 16.0. The van der Waals surface area contributed by atoms with Gasteiger partial charge in [-0.05, 0) is 36.3 Å². The van der Waals surface area contributed by atoms with Crippen LogP contribution in [0, 0.1) is 5.92 Å². The molecule has 0 spiro atoms. The quantitative estimate of drug-likeness (QED) is 0.772. The highest BCUT2D eigenvalue weighted by atomic mass is 35.5. The zero-order valence-corrected chi connectivity index (χ0v) is 14.8. The van der Waals surface area contributed by atoms with Crippen molar-refractivity contribution < 1.29 is 4.79 Å². The summed E-state index contributed by atoms with van der Waals surface area (Å²) in [5.41, 5.74) is 6.72. The molecule has 118 valence electrons. The molecule has 1 aromatic rings. The van der Waals surface area contributed by atoms with E-state index in [1.54, 1.807) is 22.7 Å². The SMILES string of the molecule is CCSc1ccc(Cl)cc1C(=O)N(C)CCC(N)C(C)C. The summed E-state index contributed by atoms with van der Waals surface area (Å²) in [6.45, 7) is 6.92. The minimum absolute atomic E-state index is 0.00408. The Bertz CT molecular complexity index is 479. The van der Waals surface area contributed by atoms with Gasteiger partial charge in [-0.3, -0.25) is 4.79 Å². The second kappa shape index (κ2) is 8.66. The van der Waals surface area contributed by atoms with Gasteiger partial charge >= 0.3 is 0 Å². The van der Waals surface area contributed by atoms with E-state index in [-0.39, 0.29) is 11.9 Å². The molecule has 1 aromatic carbocycles. The van der Waals surface area contributed by atoms with Crippen molar-refractivity contribution in [1.29, 1.82) is 0 Å². The molecule has 1 unspecified atom stereocenters. The van der Waals surface area contributed by atoms with Gasteiger partial charge in [0.05, 0.1) is 5.56 Å². The number of halogens is 1. The van der Waals surface area contributed by atoms with Crippen LogP contribution in [0.15, 0.2) is 23.1 Å². The van der Waals surface area contributed by atoms with E-state index in [2.05, 4.69) is 20.8 Å². The molecule has 0 heterocycles. The first-order valence-corrected chi connectivity index (χ1v) is 8.66. The van der Waals surface area contributed by atoms with Crippen LogP contribution in [0.1, 0.15) is 37.6 Å². The van der Waals surface area contributed by atoms with Gasteiger partial charge in [-0.1, -0.05) is 32.4 Å². The average Bonchev–Trinajstić information content (AvgIpc) is 2.45. The number of amides is 1. The molecule has 5 heteroatoms. The maximum Gasteiger partial charge on any atom is 0.254 e. The predicted molar refractivity (Wildman–Crippen MR) is 92.2 cm³/mol. The molecule has 21 heavy (non-hydrogen) atoms. The Kier molecular flexibility index (Phi) is 7.57. The largest absolute Gasteiger partial charge is 0.342 e. The molecule has 0 saturated carbocycles. The number of hydrogen-bond donors (Lipinski definition) is 1. The van der Waals surface area contributed by atoms with Gasteiger partial charge < -0.3 is 10.6 Å². The third-order valence-corrected chi connectivity index (χ3v) is 4.66. The molecule has 2 N–H and O–H groups in total. The van der Waals surface area contributed by atoms with Gasteiger partial charge in [-0.25, -0.2) is 0 Å². The van der Waals surface area contributed by atoms with Crippen molar-refractivity contribution in [1.82, 2.24) is 4.90 Å². The van der Waals surface area contributed by atoms with Crippen LogP contribution in [0.5, 0.6) is 0 Å². The summed E-state index contributed by atoms with van der Waals surface area (Å²) in [5.74, 6) is 1.35. The topological polar surface area (TPSA) is 46.3 Å². The fourth-order valence-electron chi connectivity index (χ4n) is 1.93. The smallest absolute Gasteiger partial charge is 0.254 e. The lowest BCUT2D eigenvalue weighted by Crippen LogP contribution is -2.34. The third-order valence-electron chi connectivity index (χ3n) is 3.47. The van der Waals surface area contributed by atoms with Gasteiger partial charge in [-0.2, -0.15) is 0 Å². The fourth-order valence-corrected chi connectivity index (χ4v) is 2.88. The summed E-state index contributed by atoms with van der Waals surface area (Å²) < 4.78 is 0. The Balaban J connectivity index is 2.80. The number of carbonyl (C=O) groups is 1. The second-order valence-electron chi connectivity index (χ2n) is 5.50. The van der Waals surface area contributed by atoms with Crippen molar-refractivity contribution in [3.05, 3.63) is 28.8 Å². The van der Waals surface area contributed by atoms with Crippen LogP contribution in [0.4, 0.5) is 0 Å². The first-order chi connectivity index (χ1) is 9.86. The number of nitrogens with two attached hydrogens (primary N) is 1. The Morgan fingerprint density at radius 1 is 1.43 bits per heavy atom. The highest BCUT2D eigenvalue weighted by molar-refractivity contribution is 7.99. The molecule has 1 rings (SSSR count). The normalized spacial score (nSPS) is 12.5. The van der Waals surface area contributed by atoms with Crippen LogP contribution in [0.25, 0.3) is 0 Å². The zero-order valence-electron chi connectivity index (χ0n) is 13.2. The summed E-state index contributed by atoms with van der Waals surface area (Å²) in [6.07, 6.45) is 0.802. The van der Waals surface area contributed by atoms with Crippen molar-refractivity contribution in [2.24, 2.45) is 11.7 Å². The van der Waals surface area contributed by atoms with E-state index in [1.165, 1.54) is 0 Å². The van der Waals surface area contributed by atoms with Crippen LogP contribution < -0.4 is 5.73 Å². The van der Waals surface area contributed by atoms with E-state index in [4.69, 9.17) is 17.3 Å². The lowest BCUT2D eigenvalue weighted by molar-refractivity contribution is 0.0786. The van der Waals surface area contributed by atoms with Gasteiger partial charge in [0.15, 0.2) is 0 Å². The maximum absolute atomic E-state index is 12.6. The number of rotatable bonds is 7. The summed E-state index contributed by atoms with van der Waals surface area (Å²) in [6, 6.07) is 5.60. The van der Waals surface area contributed by atoms with E-state index in [0.29, 0.717) is 23.0 Å². The van der Waals surface area contributed by atoms with E-state index >= 15 is 0 Å².